The van der Waals surface area contributed by atoms with Crippen LogP contribution in [0.1, 0.15) is 16.8 Å². The van der Waals surface area contributed by atoms with Crippen LogP contribution < -0.4 is 10.1 Å². The lowest BCUT2D eigenvalue weighted by atomic mass is 10.2. The third-order valence-corrected chi connectivity index (χ3v) is 4.10. The lowest BCUT2D eigenvalue weighted by Crippen LogP contribution is -2.31. The second-order valence-electron chi connectivity index (χ2n) is 5.54. The lowest BCUT2D eigenvalue weighted by molar-refractivity contribution is -0.0493. The zero-order chi connectivity index (χ0) is 17.9. The average molecular weight is 354 g/mol. The van der Waals surface area contributed by atoms with Gasteiger partial charge in [-0.3, -0.25) is 4.68 Å². The number of nitrogens with zero attached hydrogens (tertiary/aromatic N) is 3. The van der Waals surface area contributed by atoms with Crippen molar-refractivity contribution in [2.24, 2.45) is 7.05 Å². The third-order valence-electron chi connectivity index (χ3n) is 3.68. The zero-order valence-corrected chi connectivity index (χ0v) is 14.8. The molecular formula is C16H20F2N4OS. The molecule has 0 unspecified atom stereocenters. The molecular weight excluding hydrogens is 334 g/mol. The van der Waals surface area contributed by atoms with Crippen molar-refractivity contribution in [3.05, 3.63) is 41.2 Å². The van der Waals surface area contributed by atoms with E-state index in [-0.39, 0.29) is 5.75 Å². The Balaban J connectivity index is 2.11. The van der Waals surface area contributed by atoms with Crippen molar-refractivity contribution in [3.8, 4) is 5.75 Å². The van der Waals surface area contributed by atoms with Crippen molar-refractivity contribution >= 4 is 23.0 Å². The number of hydrogen-bond donors (Lipinski definition) is 1. The Morgan fingerprint density at radius 2 is 2.12 bits per heavy atom. The van der Waals surface area contributed by atoms with Gasteiger partial charge in [0.05, 0.1) is 11.9 Å². The van der Waals surface area contributed by atoms with Crippen LogP contribution in [0.5, 0.6) is 5.75 Å². The van der Waals surface area contributed by atoms with E-state index in [0.717, 1.165) is 16.8 Å². The first-order chi connectivity index (χ1) is 11.3. The number of hydrogen-bond acceptors (Lipinski definition) is 3. The SMILES string of the molecule is Cc1ccc(OC(F)F)c(NC(=S)N(C)Cc2cnn(C)c2C)c1. The van der Waals surface area contributed by atoms with Crippen molar-refractivity contribution < 1.29 is 13.5 Å². The van der Waals surface area contributed by atoms with Crippen molar-refractivity contribution in [3.63, 3.8) is 0 Å². The molecule has 0 atom stereocenters. The lowest BCUT2D eigenvalue weighted by Gasteiger charge is -2.22. The van der Waals surface area contributed by atoms with Gasteiger partial charge in [-0.25, -0.2) is 0 Å². The Hall–Kier alpha value is -2.22. The molecule has 0 aliphatic rings. The van der Waals surface area contributed by atoms with Gasteiger partial charge < -0.3 is 15.0 Å². The molecule has 1 aromatic carbocycles. The number of ether oxygens (including phenoxy) is 1. The van der Waals surface area contributed by atoms with Gasteiger partial charge in [0.25, 0.3) is 0 Å². The van der Waals surface area contributed by atoms with E-state index >= 15 is 0 Å². The molecule has 0 aliphatic carbocycles. The highest BCUT2D eigenvalue weighted by Gasteiger charge is 2.14. The van der Waals surface area contributed by atoms with E-state index in [4.69, 9.17) is 12.2 Å². The molecule has 0 fully saturated rings. The highest BCUT2D eigenvalue weighted by molar-refractivity contribution is 7.80. The van der Waals surface area contributed by atoms with Crippen molar-refractivity contribution in [1.29, 1.82) is 0 Å². The van der Waals surface area contributed by atoms with E-state index in [9.17, 15) is 8.78 Å². The minimum atomic E-state index is -2.89. The number of aryl methyl sites for hydroxylation is 2. The van der Waals surface area contributed by atoms with E-state index in [1.807, 2.05) is 32.8 Å². The highest BCUT2D eigenvalue weighted by Crippen LogP contribution is 2.27. The van der Waals surface area contributed by atoms with Crippen molar-refractivity contribution in [2.45, 2.75) is 27.0 Å². The number of halogens is 2. The summed E-state index contributed by atoms with van der Waals surface area (Å²) in [5, 5.41) is 7.57. The van der Waals surface area contributed by atoms with Gasteiger partial charge in [0.15, 0.2) is 5.11 Å². The van der Waals surface area contributed by atoms with Crippen LogP contribution in [-0.2, 0) is 13.6 Å². The number of alkyl halides is 2. The Morgan fingerprint density at radius 1 is 1.42 bits per heavy atom. The Morgan fingerprint density at radius 3 is 2.71 bits per heavy atom. The van der Waals surface area contributed by atoms with Gasteiger partial charge in [-0.2, -0.15) is 13.9 Å². The molecule has 8 heteroatoms. The van der Waals surface area contributed by atoms with Crippen LogP contribution in [0, 0.1) is 13.8 Å². The van der Waals surface area contributed by atoms with Gasteiger partial charge in [-0.05, 0) is 43.8 Å². The number of nitrogens with one attached hydrogen (secondary N) is 1. The normalized spacial score (nSPS) is 10.8. The Bertz CT molecular complexity index is 733. The Labute approximate surface area is 145 Å². The molecule has 2 rings (SSSR count). The monoisotopic (exact) mass is 354 g/mol. The molecule has 5 nitrogen and oxygen atoms in total. The zero-order valence-electron chi connectivity index (χ0n) is 14.0. The van der Waals surface area contributed by atoms with Crippen LogP contribution in [0.15, 0.2) is 24.4 Å². The maximum absolute atomic E-state index is 12.5. The molecule has 130 valence electrons. The molecule has 1 aromatic heterocycles. The van der Waals surface area contributed by atoms with E-state index in [1.54, 1.807) is 23.0 Å². The van der Waals surface area contributed by atoms with Gasteiger partial charge in [-0.1, -0.05) is 6.07 Å². The van der Waals surface area contributed by atoms with Gasteiger partial charge in [0.2, 0.25) is 0 Å². The minimum absolute atomic E-state index is 0.0592. The smallest absolute Gasteiger partial charge is 0.387 e. The molecule has 0 radical (unpaired) electrons. The fourth-order valence-corrected chi connectivity index (χ4v) is 2.35. The summed E-state index contributed by atoms with van der Waals surface area (Å²) in [4.78, 5) is 1.81. The second kappa shape index (κ2) is 7.57. The molecule has 0 saturated carbocycles. The molecule has 0 saturated heterocycles. The van der Waals surface area contributed by atoms with E-state index in [0.29, 0.717) is 17.3 Å². The molecule has 0 spiro atoms. The summed E-state index contributed by atoms with van der Waals surface area (Å²) in [6.07, 6.45) is 1.78. The van der Waals surface area contributed by atoms with Gasteiger partial charge in [0.1, 0.15) is 5.75 Å². The summed E-state index contributed by atoms with van der Waals surface area (Å²) < 4.78 is 31.4. The van der Waals surface area contributed by atoms with Crippen LogP contribution in [0.25, 0.3) is 0 Å². The fourth-order valence-electron chi connectivity index (χ4n) is 2.18. The number of rotatable bonds is 5. The molecule has 0 bridgehead atoms. The molecule has 2 aromatic rings. The topological polar surface area (TPSA) is 42.3 Å². The molecule has 0 amide bonds. The molecule has 24 heavy (non-hydrogen) atoms. The first-order valence-corrected chi connectivity index (χ1v) is 7.73. The van der Waals surface area contributed by atoms with E-state index in [2.05, 4.69) is 15.2 Å². The minimum Gasteiger partial charge on any atom is -0.433 e. The largest absolute Gasteiger partial charge is 0.433 e. The molecule has 1 N–H and O–H groups in total. The summed E-state index contributed by atoms with van der Waals surface area (Å²) in [5.41, 5.74) is 3.40. The van der Waals surface area contributed by atoms with Gasteiger partial charge in [-0.15, -0.1) is 0 Å². The number of benzene rings is 1. The van der Waals surface area contributed by atoms with E-state index < -0.39 is 6.61 Å². The van der Waals surface area contributed by atoms with Gasteiger partial charge >= 0.3 is 6.61 Å². The summed E-state index contributed by atoms with van der Waals surface area (Å²) in [7, 11) is 3.70. The summed E-state index contributed by atoms with van der Waals surface area (Å²) >= 11 is 5.37. The van der Waals surface area contributed by atoms with Crippen molar-refractivity contribution in [2.75, 3.05) is 12.4 Å². The maximum atomic E-state index is 12.5. The molecule has 0 aliphatic heterocycles. The average Bonchev–Trinajstić information content (AvgIpc) is 2.81. The van der Waals surface area contributed by atoms with Crippen LogP contribution in [0.3, 0.4) is 0 Å². The van der Waals surface area contributed by atoms with Crippen molar-refractivity contribution in [1.82, 2.24) is 14.7 Å². The first-order valence-electron chi connectivity index (χ1n) is 7.33. The third kappa shape index (κ3) is 4.41. The summed E-state index contributed by atoms with van der Waals surface area (Å²) in [6.45, 7) is 1.50. The predicted molar refractivity (Wildman–Crippen MR) is 93.4 cm³/mol. The van der Waals surface area contributed by atoms with Crippen LogP contribution >= 0.6 is 12.2 Å². The quantitative estimate of drug-likeness (QED) is 0.833. The van der Waals surface area contributed by atoms with Crippen LogP contribution in [-0.4, -0.2) is 33.5 Å². The Kier molecular flexibility index (Phi) is 5.71. The van der Waals surface area contributed by atoms with Crippen LogP contribution in [0.2, 0.25) is 0 Å². The standard InChI is InChI=1S/C16H20F2N4OS/c1-10-5-6-14(23-15(17)18)13(7-10)20-16(24)21(3)9-12-8-19-22(4)11(12)2/h5-8,15H,9H2,1-4H3,(H,20,24). The highest BCUT2D eigenvalue weighted by atomic mass is 32.1. The number of anilines is 1. The fraction of sp³-hybridized carbons (Fsp3) is 0.375. The number of aromatic nitrogens is 2. The predicted octanol–water partition coefficient (Wildman–Crippen LogP) is 3.47. The van der Waals surface area contributed by atoms with Crippen LogP contribution in [0.4, 0.5) is 14.5 Å². The first kappa shape index (κ1) is 18.1. The number of thiocarbonyl (C=S) groups is 1. The second-order valence-corrected chi connectivity index (χ2v) is 5.93. The van der Waals surface area contributed by atoms with Gasteiger partial charge in [0, 0.05) is 31.9 Å². The molecule has 1 heterocycles. The summed E-state index contributed by atoms with van der Waals surface area (Å²) in [6, 6.07) is 4.92. The summed E-state index contributed by atoms with van der Waals surface area (Å²) in [5.74, 6) is 0.0592. The van der Waals surface area contributed by atoms with E-state index in [1.165, 1.54) is 6.07 Å². The maximum Gasteiger partial charge on any atom is 0.387 e.